The smallest absolute Gasteiger partial charge is 0.261 e. The van der Waals surface area contributed by atoms with Crippen molar-refractivity contribution in [2.24, 2.45) is 0 Å². The lowest BCUT2D eigenvalue weighted by Gasteiger charge is -2.26. The molecule has 0 unspecified atom stereocenters. The number of rotatable bonds is 7. The second kappa shape index (κ2) is 8.72. The highest BCUT2D eigenvalue weighted by atomic mass is 32.2. The molecule has 32 heavy (non-hydrogen) atoms. The number of nitrogens with one attached hydrogen (secondary N) is 1. The molecule has 1 atom stereocenters. The van der Waals surface area contributed by atoms with Gasteiger partial charge in [0.1, 0.15) is 12.0 Å². The van der Waals surface area contributed by atoms with Gasteiger partial charge in [-0.1, -0.05) is 38.1 Å². The van der Waals surface area contributed by atoms with Crippen LogP contribution in [0.2, 0.25) is 0 Å². The standard InChI is InChI=1S/C24H26N4O3S/c1-4-27(5-2)32(30,31)19-13-11-18(12-14-19)26-23-20-8-6-7-9-21(20)24(29)28(23)22-15-10-17(3)16-25-22/h6-16,23,26H,4-5H2,1-3H3/t23-/m1/s1. The van der Waals surface area contributed by atoms with Crippen LogP contribution in [0.5, 0.6) is 0 Å². The van der Waals surface area contributed by atoms with E-state index < -0.39 is 16.2 Å². The Bertz CT molecular complexity index is 1220. The first-order chi connectivity index (χ1) is 15.4. The van der Waals surface area contributed by atoms with Crippen molar-refractivity contribution in [1.82, 2.24) is 9.29 Å². The molecule has 1 amide bonds. The monoisotopic (exact) mass is 450 g/mol. The highest BCUT2D eigenvalue weighted by Crippen LogP contribution is 2.37. The minimum atomic E-state index is -3.53. The van der Waals surface area contributed by atoms with Crippen molar-refractivity contribution >= 4 is 27.4 Å². The summed E-state index contributed by atoms with van der Waals surface area (Å²) in [5.74, 6) is 0.421. The Morgan fingerprint density at radius 2 is 1.69 bits per heavy atom. The van der Waals surface area contributed by atoms with E-state index in [1.54, 1.807) is 41.4 Å². The first-order valence-corrected chi connectivity index (χ1v) is 12.0. The maximum absolute atomic E-state index is 13.2. The van der Waals surface area contributed by atoms with Crippen LogP contribution in [0, 0.1) is 6.92 Å². The number of fused-ring (bicyclic) bond motifs is 1. The summed E-state index contributed by atoms with van der Waals surface area (Å²) in [4.78, 5) is 19.5. The van der Waals surface area contributed by atoms with E-state index in [0.717, 1.165) is 11.1 Å². The lowest BCUT2D eigenvalue weighted by Crippen LogP contribution is -2.33. The zero-order valence-electron chi connectivity index (χ0n) is 18.3. The molecule has 4 rings (SSSR count). The largest absolute Gasteiger partial charge is 0.361 e. The molecule has 0 saturated heterocycles. The van der Waals surface area contributed by atoms with Gasteiger partial charge in [-0.2, -0.15) is 4.31 Å². The Balaban J connectivity index is 1.67. The molecule has 1 N–H and O–H groups in total. The zero-order chi connectivity index (χ0) is 22.9. The summed E-state index contributed by atoms with van der Waals surface area (Å²) < 4.78 is 27.0. The normalized spacial score (nSPS) is 15.8. The summed E-state index contributed by atoms with van der Waals surface area (Å²) in [6, 6.07) is 17.8. The van der Waals surface area contributed by atoms with Crippen molar-refractivity contribution in [3.63, 3.8) is 0 Å². The summed E-state index contributed by atoms with van der Waals surface area (Å²) in [6.45, 7) is 6.41. The van der Waals surface area contributed by atoms with Crippen LogP contribution in [0.3, 0.4) is 0 Å². The Labute approximate surface area is 188 Å². The molecule has 0 saturated carbocycles. The van der Waals surface area contributed by atoms with Crippen molar-refractivity contribution in [2.45, 2.75) is 31.8 Å². The molecule has 2 aromatic carbocycles. The summed E-state index contributed by atoms with van der Waals surface area (Å²) in [6.07, 6.45) is 1.27. The Morgan fingerprint density at radius 1 is 1.00 bits per heavy atom. The van der Waals surface area contributed by atoms with E-state index in [2.05, 4.69) is 10.3 Å². The van der Waals surface area contributed by atoms with Crippen LogP contribution >= 0.6 is 0 Å². The third-order valence-corrected chi connectivity index (χ3v) is 7.67. The second-order valence-corrected chi connectivity index (χ2v) is 9.55. The van der Waals surface area contributed by atoms with Crippen LogP contribution in [0.4, 0.5) is 11.5 Å². The van der Waals surface area contributed by atoms with E-state index in [1.807, 2.05) is 51.1 Å². The van der Waals surface area contributed by atoms with Crippen molar-refractivity contribution in [2.75, 3.05) is 23.3 Å². The van der Waals surface area contributed by atoms with E-state index in [4.69, 9.17) is 0 Å². The average molecular weight is 451 g/mol. The van der Waals surface area contributed by atoms with Gasteiger partial charge in [-0.3, -0.25) is 9.69 Å². The van der Waals surface area contributed by atoms with E-state index >= 15 is 0 Å². The molecule has 1 aliphatic rings. The van der Waals surface area contributed by atoms with Gasteiger partial charge >= 0.3 is 0 Å². The molecule has 166 valence electrons. The van der Waals surface area contributed by atoms with E-state index in [-0.39, 0.29) is 10.8 Å². The molecule has 7 nitrogen and oxygen atoms in total. The lowest BCUT2D eigenvalue weighted by molar-refractivity contribution is 0.0992. The maximum atomic E-state index is 13.2. The number of sulfonamides is 1. The highest BCUT2D eigenvalue weighted by molar-refractivity contribution is 7.89. The first-order valence-electron chi connectivity index (χ1n) is 10.6. The molecule has 0 aliphatic carbocycles. The predicted octanol–water partition coefficient (Wildman–Crippen LogP) is 4.19. The Kier molecular flexibility index (Phi) is 5.99. The molecular weight excluding hydrogens is 424 g/mol. The molecule has 0 fully saturated rings. The molecule has 1 aromatic heterocycles. The number of carbonyl (C=O) groups excluding carboxylic acids is 1. The fraction of sp³-hybridized carbons (Fsp3) is 0.250. The molecule has 0 bridgehead atoms. The topological polar surface area (TPSA) is 82.6 Å². The Morgan fingerprint density at radius 3 is 2.31 bits per heavy atom. The van der Waals surface area contributed by atoms with Crippen molar-refractivity contribution in [3.05, 3.63) is 83.6 Å². The molecule has 3 aromatic rings. The van der Waals surface area contributed by atoms with Crippen LogP contribution in [0.25, 0.3) is 0 Å². The van der Waals surface area contributed by atoms with Crippen LogP contribution in [0.15, 0.2) is 71.8 Å². The number of carbonyl (C=O) groups is 1. The minimum absolute atomic E-state index is 0.129. The zero-order valence-corrected chi connectivity index (χ0v) is 19.1. The van der Waals surface area contributed by atoms with Gasteiger partial charge in [0.15, 0.2) is 0 Å². The molecule has 1 aliphatic heterocycles. The van der Waals surface area contributed by atoms with Crippen LogP contribution < -0.4 is 10.2 Å². The van der Waals surface area contributed by atoms with Crippen molar-refractivity contribution in [1.29, 1.82) is 0 Å². The number of amides is 1. The van der Waals surface area contributed by atoms with Crippen LogP contribution in [0.1, 0.15) is 41.5 Å². The fourth-order valence-corrected chi connectivity index (χ4v) is 5.35. The number of hydrogen-bond acceptors (Lipinski definition) is 5. The van der Waals surface area contributed by atoms with E-state index in [9.17, 15) is 13.2 Å². The number of anilines is 2. The lowest BCUT2D eigenvalue weighted by atomic mass is 10.1. The van der Waals surface area contributed by atoms with Crippen molar-refractivity contribution < 1.29 is 13.2 Å². The minimum Gasteiger partial charge on any atom is -0.361 e. The van der Waals surface area contributed by atoms with Gasteiger partial charge < -0.3 is 5.32 Å². The second-order valence-electron chi connectivity index (χ2n) is 7.62. The summed E-state index contributed by atoms with van der Waals surface area (Å²) >= 11 is 0. The molecule has 0 radical (unpaired) electrons. The number of hydrogen-bond donors (Lipinski definition) is 1. The van der Waals surface area contributed by atoms with Gasteiger partial charge in [0, 0.05) is 36.1 Å². The van der Waals surface area contributed by atoms with Gasteiger partial charge in [-0.25, -0.2) is 13.4 Å². The average Bonchev–Trinajstić information content (AvgIpc) is 3.07. The van der Waals surface area contributed by atoms with Gasteiger partial charge in [-0.05, 0) is 48.9 Å². The Hall–Kier alpha value is -3.23. The summed E-state index contributed by atoms with van der Waals surface area (Å²) in [5, 5.41) is 3.38. The van der Waals surface area contributed by atoms with Gasteiger partial charge in [0.2, 0.25) is 10.0 Å². The number of nitrogens with zero attached hydrogens (tertiary/aromatic N) is 3. The molecule has 2 heterocycles. The third kappa shape index (κ3) is 3.87. The SMILES string of the molecule is CCN(CC)S(=O)(=O)c1ccc(N[C@H]2c3ccccc3C(=O)N2c2ccc(C)cn2)cc1. The summed E-state index contributed by atoms with van der Waals surface area (Å²) in [5.41, 5.74) is 3.18. The van der Waals surface area contributed by atoms with Gasteiger partial charge in [0.05, 0.1) is 4.90 Å². The van der Waals surface area contributed by atoms with E-state index in [0.29, 0.717) is 30.2 Å². The summed E-state index contributed by atoms with van der Waals surface area (Å²) in [7, 11) is -3.53. The van der Waals surface area contributed by atoms with Crippen LogP contribution in [-0.2, 0) is 10.0 Å². The van der Waals surface area contributed by atoms with Crippen LogP contribution in [-0.4, -0.2) is 36.7 Å². The van der Waals surface area contributed by atoms with Gasteiger partial charge in [-0.15, -0.1) is 0 Å². The fourth-order valence-electron chi connectivity index (χ4n) is 3.89. The number of pyridine rings is 1. The van der Waals surface area contributed by atoms with Gasteiger partial charge in [0.25, 0.3) is 5.91 Å². The third-order valence-electron chi connectivity index (χ3n) is 5.61. The molecular formula is C24H26N4O3S. The molecule has 0 spiro atoms. The van der Waals surface area contributed by atoms with Crippen molar-refractivity contribution in [3.8, 4) is 0 Å². The van der Waals surface area contributed by atoms with E-state index in [1.165, 1.54) is 4.31 Å². The number of aryl methyl sites for hydroxylation is 1. The number of benzene rings is 2. The number of aromatic nitrogens is 1. The highest BCUT2D eigenvalue weighted by Gasteiger charge is 2.38. The maximum Gasteiger partial charge on any atom is 0.261 e. The quantitative estimate of drug-likeness (QED) is 0.584. The molecule has 8 heteroatoms. The first kappa shape index (κ1) is 22.0. The predicted molar refractivity (Wildman–Crippen MR) is 125 cm³/mol.